The van der Waals surface area contributed by atoms with Gasteiger partial charge in [0.25, 0.3) is 0 Å². The van der Waals surface area contributed by atoms with Gasteiger partial charge in [-0.25, -0.2) is 8.42 Å². The van der Waals surface area contributed by atoms with Gasteiger partial charge in [0.15, 0.2) is 0 Å². The second-order valence-electron chi connectivity index (χ2n) is 7.63. The van der Waals surface area contributed by atoms with Gasteiger partial charge in [0.1, 0.15) is 0 Å². The predicted octanol–water partition coefficient (Wildman–Crippen LogP) is 4.74. The monoisotopic (exact) mass is 372 g/mol. The summed E-state index contributed by atoms with van der Waals surface area (Å²) in [7, 11) is -3.30. The fourth-order valence-electron chi connectivity index (χ4n) is 3.34. The number of sulfonamides is 1. The topological polar surface area (TPSA) is 58.2 Å². The first kappa shape index (κ1) is 18.8. The van der Waals surface area contributed by atoms with E-state index in [9.17, 15) is 8.42 Å². The van der Waals surface area contributed by atoms with E-state index in [0.29, 0.717) is 24.1 Å². The van der Waals surface area contributed by atoms with Crippen molar-refractivity contribution in [3.8, 4) is 0 Å². The minimum atomic E-state index is -3.30. The minimum absolute atomic E-state index is 0.450. The second kappa shape index (κ2) is 7.31. The molecule has 0 amide bonds. The average molecular weight is 373 g/mol. The molecule has 0 aromatic heterocycles. The van der Waals surface area contributed by atoms with Gasteiger partial charge in [-0.3, -0.25) is 4.72 Å². The smallest absolute Gasteiger partial charge is 0.235 e. The van der Waals surface area contributed by atoms with Crippen LogP contribution in [-0.2, 0) is 23.0 Å². The van der Waals surface area contributed by atoms with Crippen LogP contribution >= 0.6 is 0 Å². The Bertz CT molecular complexity index is 873. The molecule has 1 aliphatic carbocycles. The van der Waals surface area contributed by atoms with Crippen LogP contribution in [0, 0.1) is 5.92 Å². The molecular formula is C21H28N2O2S. The van der Waals surface area contributed by atoms with Crippen LogP contribution in [0.25, 0.3) is 0 Å². The standard InChI is InChI=1S/C21H28N2O2S/c1-14(2)26(24,25)23-19-7-5-17(6-8-19)13-22-20-9-10-21-16(4)15(3)11-18(21)12-20/h5-10,12,14-16,22-23H,11,13H2,1-4H3. The Morgan fingerprint density at radius 2 is 1.69 bits per heavy atom. The lowest BCUT2D eigenvalue weighted by Gasteiger charge is -2.12. The van der Waals surface area contributed by atoms with E-state index in [1.807, 2.05) is 24.3 Å². The summed E-state index contributed by atoms with van der Waals surface area (Å²) in [4.78, 5) is 0. The summed E-state index contributed by atoms with van der Waals surface area (Å²) in [5.74, 6) is 1.35. The molecule has 0 bridgehead atoms. The molecule has 0 saturated heterocycles. The molecule has 2 unspecified atom stereocenters. The summed E-state index contributed by atoms with van der Waals surface area (Å²) in [6.07, 6.45) is 1.15. The van der Waals surface area contributed by atoms with Gasteiger partial charge in [-0.2, -0.15) is 0 Å². The van der Waals surface area contributed by atoms with Crippen LogP contribution in [0.3, 0.4) is 0 Å². The molecule has 2 atom stereocenters. The van der Waals surface area contributed by atoms with Crippen molar-refractivity contribution in [1.82, 2.24) is 0 Å². The summed E-state index contributed by atoms with van der Waals surface area (Å²) < 4.78 is 26.4. The number of hydrogen-bond acceptors (Lipinski definition) is 3. The van der Waals surface area contributed by atoms with Crippen LogP contribution in [0.2, 0.25) is 0 Å². The van der Waals surface area contributed by atoms with E-state index < -0.39 is 15.3 Å². The minimum Gasteiger partial charge on any atom is -0.381 e. The van der Waals surface area contributed by atoms with E-state index in [0.717, 1.165) is 17.7 Å². The number of fused-ring (bicyclic) bond motifs is 1. The molecule has 5 heteroatoms. The maximum atomic E-state index is 11.9. The SMILES string of the molecule is CC1Cc2cc(NCc3ccc(NS(=O)(=O)C(C)C)cc3)ccc2C1C. The van der Waals surface area contributed by atoms with Gasteiger partial charge in [-0.05, 0) is 73.1 Å². The molecule has 26 heavy (non-hydrogen) atoms. The van der Waals surface area contributed by atoms with Crippen molar-refractivity contribution in [1.29, 1.82) is 0 Å². The second-order valence-corrected chi connectivity index (χ2v) is 9.87. The first-order chi connectivity index (χ1) is 12.3. The van der Waals surface area contributed by atoms with Crippen LogP contribution in [-0.4, -0.2) is 13.7 Å². The zero-order valence-electron chi connectivity index (χ0n) is 15.9. The maximum Gasteiger partial charge on any atom is 0.235 e. The third-order valence-electron chi connectivity index (χ3n) is 5.36. The van der Waals surface area contributed by atoms with E-state index in [1.54, 1.807) is 13.8 Å². The van der Waals surface area contributed by atoms with Crippen molar-refractivity contribution < 1.29 is 8.42 Å². The van der Waals surface area contributed by atoms with E-state index in [2.05, 4.69) is 42.1 Å². The summed E-state index contributed by atoms with van der Waals surface area (Å²) in [6.45, 7) is 8.66. The van der Waals surface area contributed by atoms with Crippen LogP contribution in [0.1, 0.15) is 50.3 Å². The highest BCUT2D eigenvalue weighted by Crippen LogP contribution is 2.38. The molecule has 0 heterocycles. The van der Waals surface area contributed by atoms with E-state index in [4.69, 9.17) is 0 Å². The first-order valence-electron chi connectivity index (χ1n) is 9.23. The quantitative estimate of drug-likeness (QED) is 0.770. The Kier molecular flexibility index (Phi) is 5.28. The van der Waals surface area contributed by atoms with Crippen molar-refractivity contribution in [3.63, 3.8) is 0 Å². The molecule has 1 aliphatic rings. The van der Waals surface area contributed by atoms with Crippen molar-refractivity contribution >= 4 is 21.4 Å². The number of hydrogen-bond donors (Lipinski definition) is 2. The molecule has 2 aromatic rings. The van der Waals surface area contributed by atoms with E-state index in [1.165, 1.54) is 11.1 Å². The maximum absolute atomic E-state index is 11.9. The van der Waals surface area contributed by atoms with Crippen molar-refractivity contribution in [3.05, 3.63) is 59.2 Å². The Hall–Kier alpha value is -2.01. The largest absolute Gasteiger partial charge is 0.381 e. The molecule has 2 N–H and O–H groups in total. The highest BCUT2D eigenvalue weighted by molar-refractivity contribution is 7.93. The Morgan fingerprint density at radius 3 is 2.35 bits per heavy atom. The van der Waals surface area contributed by atoms with Crippen molar-refractivity contribution in [2.45, 2.75) is 51.8 Å². The molecule has 0 saturated carbocycles. The molecular weight excluding hydrogens is 344 g/mol. The summed E-state index contributed by atoms with van der Waals surface area (Å²) >= 11 is 0. The number of anilines is 2. The van der Waals surface area contributed by atoms with Crippen LogP contribution in [0.5, 0.6) is 0 Å². The summed E-state index contributed by atoms with van der Waals surface area (Å²) in [5, 5.41) is 3.02. The molecule has 2 aromatic carbocycles. The third-order valence-corrected chi connectivity index (χ3v) is 7.12. The molecule has 3 rings (SSSR count). The van der Waals surface area contributed by atoms with Gasteiger partial charge < -0.3 is 5.32 Å². The predicted molar refractivity (Wildman–Crippen MR) is 109 cm³/mol. The summed E-state index contributed by atoms with van der Waals surface area (Å²) in [5.41, 5.74) is 5.77. The number of benzene rings is 2. The number of nitrogens with one attached hydrogen (secondary N) is 2. The molecule has 0 fully saturated rings. The normalized spacial score (nSPS) is 19.4. The van der Waals surface area contributed by atoms with Gasteiger partial charge in [-0.1, -0.05) is 32.0 Å². The molecule has 140 valence electrons. The van der Waals surface area contributed by atoms with Crippen molar-refractivity contribution in [2.24, 2.45) is 5.92 Å². The molecule has 4 nitrogen and oxygen atoms in total. The molecule has 0 radical (unpaired) electrons. The van der Waals surface area contributed by atoms with Gasteiger partial charge in [0.05, 0.1) is 5.25 Å². The van der Waals surface area contributed by atoms with E-state index in [-0.39, 0.29) is 0 Å². The highest BCUT2D eigenvalue weighted by Gasteiger charge is 2.25. The van der Waals surface area contributed by atoms with Gasteiger partial charge in [-0.15, -0.1) is 0 Å². The Morgan fingerprint density at radius 1 is 1.04 bits per heavy atom. The van der Waals surface area contributed by atoms with Gasteiger partial charge in [0.2, 0.25) is 10.0 Å². The van der Waals surface area contributed by atoms with Crippen LogP contribution < -0.4 is 10.0 Å². The number of rotatable bonds is 6. The lowest BCUT2D eigenvalue weighted by molar-refractivity contribution is 0.532. The highest BCUT2D eigenvalue weighted by atomic mass is 32.2. The van der Waals surface area contributed by atoms with Crippen LogP contribution in [0.15, 0.2) is 42.5 Å². The fraction of sp³-hybridized carbons (Fsp3) is 0.429. The summed E-state index contributed by atoms with van der Waals surface area (Å²) in [6, 6.07) is 14.2. The first-order valence-corrected chi connectivity index (χ1v) is 10.8. The lowest BCUT2D eigenvalue weighted by atomic mass is 9.97. The van der Waals surface area contributed by atoms with Crippen LogP contribution in [0.4, 0.5) is 11.4 Å². The lowest BCUT2D eigenvalue weighted by Crippen LogP contribution is -2.22. The average Bonchev–Trinajstić information content (AvgIpc) is 2.88. The Balaban J connectivity index is 1.62. The van der Waals surface area contributed by atoms with Gasteiger partial charge >= 0.3 is 0 Å². The van der Waals surface area contributed by atoms with E-state index >= 15 is 0 Å². The molecule has 0 aliphatic heterocycles. The molecule has 0 spiro atoms. The fourth-order valence-corrected chi connectivity index (χ4v) is 4.04. The Labute approximate surface area is 157 Å². The third kappa shape index (κ3) is 4.04. The van der Waals surface area contributed by atoms with Gasteiger partial charge in [0, 0.05) is 17.9 Å². The zero-order valence-corrected chi connectivity index (χ0v) is 16.7. The zero-order chi connectivity index (χ0) is 18.9. The van der Waals surface area contributed by atoms with Crippen molar-refractivity contribution in [2.75, 3.05) is 10.0 Å².